The van der Waals surface area contributed by atoms with Gasteiger partial charge in [0.05, 0.1) is 13.2 Å². The predicted molar refractivity (Wildman–Crippen MR) is 75.4 cm³/mol. The molecule has 0 aromatic carbocycles. The van der Waals surface area contributed by atoms with Crippen molar-refractivity contribution in [2.45, 2.75) is 56.1 Å². The van der Waals surface area contributed by atoms with Crippen LogP contribution in [0.25, 0.3) is 0 Å². The molecule has 1 saturated carbocycles. The van der Waals surface area contributed by atoms with Gasteiger partial charge in [-0.25, -0.2) is 4.68 Å². The molecule has 0 radical (unpaired) electrons. The summed E-state index contributed by atoms with van der Waals surface area (Å²) >= 11 is 1.37. The maximum absolute atomic E-state index is 11.8. The second-order valence-electron chi connectivity index (χ2n) is 4.68. The number of carbonyl (C=O) groups excluding carboxylic acids is 1. The number of ether oxygens (including phenoxy) is 1. The lowest BCUT2D eigenvalue weighted by Gasteiger charge is -2.12. The van der Waals surface area contributed by atoms with Gasteiger partial charge in [0.15, 0.2) is 0 Å². The van der Waals surface area contributed by atoms with Crippen LogP contribution in [0.2, 0.25) is 0 Å². The Bertz CT molecular complexity index is 435. The average Bonchev–Trinajstić information content (AvgIpc) is 3.15. The smallest absolute Gasteiger partial charge is 0.319 e. The number of rotatable bonds is 9. The normalized spacial score (nSPS) is 16.1. The van der Waals surface area contributed by atoms with E-state index in [-0.39, 0.29) is 11.2 Å². The zero-order valence-electron chi connectivity index (χ0n) is 11.9. The first-order valence-corrected chi connectivity index (χ1v) is 7.95. The highest BCUT2D eigenvalue weighted by Gasteiger charge is 2.23. The van der Waals surface area contributed by atoms with E-state index in [0.29, 0.717) is 30.8 Å². The molecule has 1 aromatic heterocycles. The van der Waals surface area contributed by atoms with Crippen molar-refractivity contribution in [3.63, 3.8) is 0 Å². The van der Waals surface area contributed by atoms with Gasteiger partial charge in [-0.05, 0) is 36.6 Å². The Morgan fingerprint density at radius 2 is 2.35 bits per heavy atom. The van der Waals surface area contributed by atoms with Crippen molar-refractivity contribution in [3.8, 4) is 0 Å². The Kier molecular flexibility index (Phi) is 5.78. The van der Waals surface area contributed by atoms with Crippen molar-refractivity contribution in [1.29, 1.82) is 0 Å². The summed E-state index contributed by atoms with van der Waals surface area (Å²) in [6.45, 7) is 5.72. The molecule has 2 rings (SSSR count). The molecule has 1 aliphatic carbocycles. The second kappa shape index (κ2) is 7.58. The van der Waals surface area contributed by atoms with Crippen molar-refractivity contribution in [3.05, 3.63) is 0 Å². The van der Waals surface area contributed by atoms with Crippen molar-refractivity contribution < 1.29 is 9.53 Å². The van der Waals surface area contributed by atoms with E-state index in [9.17, 15) is 4.79 Å². The van der Waals surface area contributed by atoms with Gasteiger partial charge >= 0.3 is 5.97 Å². The summed E-state index contributed by atoms with van der Waals surface area (Å²) in [5, 5.41) is 15.5. The quantitative estimate of drug-likeness (QED) is 0.535. The van der Waals surface area contributed by atoms with Crippen LogP contribution in [0.15, 0.2) is 5.16 Å². The molecule has 0 bridgehead atoms. The van der Waals surface area contributed by atoms with Crippen LogP contribution in [0.3, 0.4) is 0 Å². The number of tetrazole rings is 1. The van der Waals surface area contributed by atoms with Crippen LogP contribution in [0.1, 0.15) is 33.1 Å². The standard InChI is InChI=1S/C12H21N5O2S/c1-3-10(11(18)19-4-2)20-12-14-15-16-17(12)8-7-13-9-5-6-9/h9-10,13H,3-8H2,1-2H3. The van der Waals surface area contributed by atoms with Crippen LogP contribution >= 0.6 is 11.8 Å². The highest BCUT2D eigenvalue weighted by molar-refractivity contribution is 8.00. The number of aromatic nitrogens is 4. The van der Waals surface area contributed by atoms with Crippen LogP contribution < -0.4 is 5.32 Å². The Balaban J connectivity index is 1.86. The fourth-order valence-corrected chi connectivity index (χ4v) is 2.66. The molecule has 0 saturated heterocycles. The summed E-state index contributed by atoms with van der Waals surface area (Å²) in [6.07, 6.45) is 3.21. The first-order chi connectivity index (χ1) is 9.74. The van der Waals surface area contributed by atoms with E-state index in [4.69, 9.17) is 4.74 Å². The summed E-state index contributed by atoms with van der Waals surface area (Å²) in [5.74, 6) is -0.203. The fourth-order valence-electron chi connectivity index (χ4n) is 1.74. The zero-order valence-corrected chi connectivity index (χ0v) is 12.7. The molecule has 1 fully saturated rings. The maximum Gasteiger partial charge on any atom is 0.319 e. The highest BCUT2D eigenvalue weighted by atomic mass is 32.2. The van der Waals surface area contributed by atoms with Crippen LogP contribution in [0, 0.1) is 0 Å². The summed E-state index contributed by atoms with van der Waals surface area (Å²) in [5.41, 5.74) is 0. The van der Waals surface area contributed by atoms with Crippen molar-refractivity contribution in [2.24, 2.45) is 0 Å². The van der Waals surface area contributed by atoms with Crippen LogP contribution in [-0.2, 0) is 16.1 Å². The molecule has 8 heteroatoms. The fraction of sp³-hybridized carbons (Fsp3) is 0.833. The van der Waals surface area contributed by atoms with Gasteiger partial charge < -0.3 is 10.1 Å². The van der Waals surface area contributed by atoms with Crippen molar-refractivity contribution >= 4 is 17.7 Å². The van der Waals surface area contributed by atoms with Gasteiger partial charge in [-0.15, -0.1) is 5.10 Å². The minimum Gasteiger partial charge on any atom is -0.465 e. The van der Waals surface area contributed by atoms with Gasteiger partial charge in [0.25, 0.3) is 0 Å². The molecule has 20 heavy (non-hydrogen) atoms. The molecule has 0 aliphatic heterocycles. The van der Waals surface area contributed by atoms with Gasteiger partial charge in [0.2, 0.25) is 5.16 Å². The highest BCUT2D eigenvalue weighted by Crippen LogP contribution is 2.24. The molecule has 112 valence electrons. The first-order valence-electron chi connectivity index (χ1n) is 7.07. The summed E-state index contributed by atoms with van der Waals surface area (Å²) in [6, 6.07) is 0.672. The van der Waals surface area contributed by atoms with E-state index in [2.05, 4.69) is 20.8 Å². The lowest BCUT2D eigenvalue weighted by Crippen LogP contribution is -2.24. The number of hydrogen-bond donors (Lipinski definition) is 1. The molecular weight excluding hydrogens is 278 g/mol. The lowest BCUT2D eigenvalue weighted by atomic mass is 10.3. The predicted octanol–water partition coefficient (Wildman–Crippen LogP) is 0.859. The first kappa shape index (κ1) is 15.2. The lowest BCUT2D eigenvalue weighted by molar-refractivity contribution is -0.142. The SMILES string of the molecule is CCOC(=O)C(CC)Sc1nnnn1CCNC1CC1. The van der Waals surface area contributed by atoms with E-state index in [0.717, 1.165) is 6.54 Å². The topological polar surface area (TPSA) is 81.9 Å². The maximum atomic E-state index is 11.8. The monoisotopic (exact) mass is 299 g/mol. The number of hydrogen-bond acceptors (Lipinski definition) is 7. The minimum atomic E-state index is -0.254. The molecule has 1 unspecified atom stereocenters. The molecule has 1 N–H and O–H groups in total. The Morgan fingerprint density at radius 1 is 1.55 bits per heavy atom. The van der Waals surface area contributed by atoms with E-state index in [1.165, 1.54) is 24.6 Å². The molecule has 0 spiro atoms. The Hall–Kier alpha value is -1.15. The number of nitrogens with one attached hydrogen (secondary N) is 1. The second-order valence-corrected chi connectivity index (χ2v) is 5.85. The van der Waals surface area contributed by atoms with E-state index < -0.39 is 0 Å². The van der Waals surface area contributed by atoms with Crippen molar-refractivity contribution in [1.82, 2.24) is 25.5 Å². The largest absolute Gasteiger partial charge is 0.465 e. The Labute approximate surface area is 122 Å². The molecule has 1 atom stereocenters. The van der Waals surface area contributed by atoms with Gasteiger partial charge in [-0.2, -0.15) is 0 Å². The van der Waals surface area contributed by atoms with E-state index >= 15 is 0 Å². The molecule has 0 amide bonds. The van der Waals surface area contributed by atoms with E-state index in [1.54, 1.807) is 4.68 Å². The van der Waals surface area contributed by atoms with Gasteiger partial charge in [-0.1, -0.05) is 18.7 Å². The van der Waals surface area contributed by atoms with E-state index in [1.807, 2.05) is 13.8 Å². The van der Waals surface area contributed by atoms with Gasteiger partial charge in [0.1, 0.15) is 5.25 Å². The Morgan fingerprint density at radius 3 is 3.00 bits per heavy atom. The summed E-state index contributed by atoms with van der Waals surface area (Å²) in [7, 11) is 0. The third kappa shape index (κ3) is 4.45. The minimum absolute atomic E-state index is 0.203. The van der Waals surface area contributed by atoms with Gasteiger partial charge in [0, 0.05) is 12.6 Å². The number of nitrogens with zero attached hydrogens (tertiary/aromatic N) is 4. The molecule has 7 nitrogen and oxygen atoms in total. The third-order valence-corrected chi connectivity index (χ3v) is 4.31. The number of esters is 1. The van der Waals surface area contributed by atoms with Crippen LogP contribution in [0.5, 0.6) is 0 Å². The molecule has 1 heterocycles. The molecule has 1 aliphatic rings. The van der Waals surface area contributed by atoms with Crippen LogP contribution in [0.4, 0.5) is 0 Å². The van der Waals surface area contributed by atoms with Gasteiger partial charge in [-0.3, -0.25) is 4.79 Å². The molecule has 1 aromatic rings. The van der Waals surface area contributed by atoms with Crippen molar-refractivity contribution in [2.75, 3.05) is 13.2 Å². The number of thioether (sulfide) groups is 1. The average molecular weight is 299 g/mol. The zero-order chi connectivity index (χ0) is 14.4. The number of carbonyl (C=O) groups is 1. The third-order valence-electron chi connectivity index (χ3n) is 3.00. The van der Waals surface area contributed by atoms with Crippen LogP contribution in [-0.4, -0.2) is 50.6 Å². The molecular formula is C12H21N5O2S. The summed E-state index contributed by atoms with van der Waals surface area (Å²) < 4.78 is 6.79. The summed E-state index contributed by atoms with van der Waals surface area (Å²) in [4.78, 5) is 11.8.